The minimum Gasteiger partial charge on any atom is -0.376 e. The van der Waals surface area contributed by atoms with Gasteiger partial charge in [-0.05, 0) is 6.92 Å². The monoisotopic (exact) mass is 131 g/mol. The molecule has 0 aromatic carbocycles. The van der Waals surface area contributed by atoms with Gasteiger partial charge in [-0.2, -0.15) is 0 Å². The first-order chi connectivity index (χ1) is 4.39. The van der Waals surface area contributed by atoms with E-state index in [1.54, 1.807) is 0 Å². The predicted molar refractivity (Wildman–Crippen MR) is 39.6 cm³/mol. The van der Waals surface area contributed by atoms with Gasteiger partial charge in [0.05, 0.1) is 12.7 Å². The molecule has 1 saturated heterocycles. The lowest BCUT2D eigenvalue weighted by Crippen LogP contribution is -2.36. The molecule has 2 heteroatoms. The Hall–Kier alpha value is -0.0800. The molecule has 1 aliphatic rings. The molecule has 0 unspecified atom stereocenters. The van der Waals surface area contributed by atoms with E-state index in [1.807, 2.05) is 13.8 Å². The van der Waals surface area contributed by atoms with Crippen LogP contribution in [0.1, 0.15) is 20.8 Å². The van der Waals surface area contributed by atoms with Crippen molar-refractivity contribution in [3.63, 3.8) is 0 Å². The number of hydrogen-bond donors (Lipinski definition) is 1. The molecule has 0 aromatic rings. The van der Waals surface area contributed by atoms with Crippen LogP contribution in [-0.2, 0) is 4.74 Å². The summed E-state index contributed by atoms with van der Waals surface area (Å²) in [6.07, 6.45) is 0.425. The fourth-order valence-corrected chi connectivity index (χ4v) is 0.697. The molecule has 0 saturated carbocycles. The van der Waals surface area contributed by atoms with Crippen molar-refractivity contribution in [1.82, 2.24) is 5.32 Å². The first kappa shape index (κ1) is 8.92. The maximum absolute atomic E-state index is 5.22. The third kappa shape index (κ3) is 4.43. The topological polar surface area (TPSA) is 21.3 Å². The fraction of sp³-hybridized carbons (Fsp3) is 1.00. The van der Waals surface area contributed by atoms with E-state index in [-0.39, 0.29) is 0 Å². The Kier molecular flexibility index (Phi) is 5.99. The van der Waals surface area contributed by atoms with Crippen LogP contribution in [0.5, 0.6) is 0 Å². The highest BCUT2D eigenvalue weighted by Crippen LogP contribution is 1.91. The summed E-state index contributed by atoms with van der Waals surface area (Å²) in [5, 5.41) is 3.21. The number of hydrogen-bond acceptors (Lipinski definition) is 2. The minimum absolute atomic E-state index is 0.425. The van der Waals surface area contributed by atoms with Crippen LogP contribution in [0.25, 0.3) is 0 Å². The summed E-state index contributed by atoms with van der Waals surface area (Å²) >= 11 is 0. The summed E-state index contributed by atoms with van der Waals surface area (Å²) in [6, 6.07) is 0. The summed E-state index contributed by atoms with van der Waals surface area (Å²) in [4.78, 5) is 0. The van der Waals surface area contributed by atoms with Gasteiger partial charge >= 0.3 is 0 Å². The lowest BCUT2D eigenvalue weighted by atomic mass is 10.3. The third-order valence-electron chi connectivity index (χ3n) is 1.11. The van der Waals surface area contributed by atoms with E-state index >= 15 is 0 Å². The summed E-state index contributed by atoms with van der Waals surface area (Å²) in [5.74, 6) is 0. The quantitative estimate of drug-likeness (QED) is 0.530. The van der Waals surface area contributed by atoms with E-state index in [1.165, 1.54) is 0 Å². The Bertz CT molecular complexity index is 50.9. The molecule has 9 heavy (non-hydrogen) atoms. The molecule has 1 fully saturated rings. The standard InChI is InChI=1S/C5H11NO.C2H6/c1-5-4-6-2-3-7-5;1-2/h5-6H,2-4H2,1H3;1-2H3/t5-;/m0./s1. The Morgan fingerprint density at radius 3 is 2.33 bits per heavy atom. The molecule has 1 heterocycles. The molecular weight excluding hydrogens is 114 g/mol. The van der Waals surface area contributed by atoms with E-state index in [0.29, 0.717) is 6.10 Å². The van der Waals surface area contributed by atoms with E-state index in [9.17, 15) is 0 Å². The summed E-state index contributed by atoms with van der Waals surface area (Å²) in [6.45, 7) is 8.98. The molecule has 56 valence electrons. The summed E-state index contributed by atoms with van der Waals surface area (Å²) < 4.78 is 5.22. The van der Waals surface area contributed by atoms with Crippen LogP contribution in [0, 0.1) is 0 Å². The van der Waals surface area contributed by atoms with Crippen molar-refractivity contribution in [1.29, 1.82) is 0 Å². The highest BCUT2D eigenvalue weighted by molar-refractivity contribution is 4.59. The van der Waals surface area contributed by atoms with Gasteiger partial charge in [0.2, 0.25) is 0 Å². The van der Waals surface area contributed by atoms with E-state index < -0.39 is 0 Å². The molecule has 1 atom stereocenters. The molecule has 0 aliphatic carbocycles. The van der Waals surface area contributed by atoms with Gasteiger partial charge in [-0.3, -0.25) is 0 Å². The van der Waals surface area contributed by atoms with Gasteiger partial charge in [-0.25, -0.2) is 0 Å². The molecule has 2 nitrogen and oxygen atoms in total. The predicted octanol–water partition coefficient (Wildman–Crippen LogP) is 1.02. The van der Waals surface area contributed by atoms with E-state index in [2.05, 4.69) is 12.2 Å². The van der Waals surface area contributed by atoms with Crippen LogP contribution < -0.4 is 5.32 Å². The van der Waals surface area contributed by atoms with Crippen molar-refractivity contribution in [3.8, 4) is 0 Å². The SMILES string of the molecule is CC.C[C@H]1CNCCO1. The maximum Gasteiger partial charge on any atom is 0.0672 e. The van der Waals surface area contributed by atoms with Crippen molar-refractivity contribution in [2.24, 2.45) is 0 Å². The van der Waals surface area contributed by atoms with Crippen LogP contribution in [0.15, 0.2) is 0 Å². The average molecular weight is 131 g/mol. The fourth-order valence-electron chi connectivity index (χ4n) is 0.697. The average Bonchev–Trinajstić information content (AvgIpc) is 1.94. The van der Waals surface area contributed by atoms with E-state index in [4.69, 9.17) is 4.74 Å². The van der Waals surface area contributed by atoms with Gasteiger partial charge in [-0.15, -0.1) is 0 Å². The molecule has 1 aliphatic heterocycles. The second kappa shape index (κ2) is 6.05. The molecule has 0 radical (unpaired) electrons. The number of rotatable bonds is 0. The van der Waals surface area contributed by atoms with Crippen LogP contribution in [0.4, 0.5) is 0 Å². The van der Waals surface area contributed by atoms with Gasteiger partial charge in [0.25, 0.3) is 0 Å². The van der Waals surface area contributed by atoms with Crippen LogP contribution in [0.3, 0.4) is 0 Å². The zero-order valence-corrected chi connectivity index (χ0v) is 6.61. The van der Waals surface area contributed by atoms with Gasteiger partial charge in [0, 0.05) is 13.1 Å². The number of nitrogens with one attached hydrogen (secondary N) is 1. The molecule has 0 spiro atoms. The van der Waals surface area contributed by atoms with Gasteiger partial charge in [0.15, 0.2) is 0 Å². The Balaban J connectivity index is 0.000000291. The Labute approximate surface area is 57.6 Å². The molecule has 0 bridgehead atoms. The van der Waals surface area contributed by atoms with Crippen molar-refractivity contribution < 1.29 is 4.74 Å². The van der Waals surface area contributed by atoms with Crippen LogP contribution in [0.2, 0.25) is 0 Å². The molecule has 1 rings (SSSR count). The number of morpholine rings is 1. The minimum atomic E-state index is 0.425. The van der Waals surface area contributed by atoms with Gasteiger partial charge in [0.1, 0.15) is 0 Å². The highest BCUT2D eigenvalue weighted by Gasteiger charge is 2.04. The summed E-state index contributed by atoms with van der Waals surface area (Å²) in [7, 11) is 0. The highest BCUT2D eigenvalue weighted by atomic mass is 16.5. The van der Waals surface area contributed by atoms with Gasteiger partial charge < -0.3 is 10.1 Å². The summed E-state index contributed by atoms with van der Waals surface area (Å²) in [5.41, 5.74) is 0. The van der Waals surface area contributed by atoms with Crippen molar-refractivity contribution in [2.75, 3.05) is 19.7 Å². The van der Waals surface area contributed by atoms with Crippen molar-refractivity contribution in [2.45, 2.75) is 26.9 Å². The van der Waals surface area contributed by atoms with Gasteiger partial charge in [-0.1, -0.05) is 13.8 Å². The van der Waals surface area contributed by atoms with Crippen LogP contribution in [-0.4, -0.2) is 25.8 Å². The van der Waals surface area contributed by atoms with Crippen molar-refractivity contribution in [3.05, 3.63) is 0 Å². The Morgan fingerprint density at radius 2 is 2.11 bits per heavy atom. The second-order valence-corrected chi connectivity index (χ2v) is 1.89. The van der Waals surface area contributed by atoms with Crippen LogP contribution >= 0.6 is 0 Å². The Morgan fingerprint density at radius 1 is 1.44 bits per heavy atom. The molecule has 0 aromatic heterocycles. The zero-order chi connectivity index (χ0) is 7.11. The third-order valence-corrected chi connectivity index (χ3v) is 1.11. The maximum atomic E-state index is 5.22. The lowest BCUT2D eigenvalue weighted by Gasteiger charge is -2.18. The first-order valence-electron chi connectivity index (χ1n) is 3.72. The van der Waals surface area contributed by atoms with E-state index in [0.717, 1.165) is 19.7 Å². The van der Waals surface area contributed by atoms with Crippen molar-refractivity contribution >= 4 is 0 Å². The normalized spacial score (nSPS) is 26.3. The lowest BCUT2D eigenvalue weighted by molar-refractivity contribution is 0.0410. The molecule has 0 amide bonds. The smallest absolute Gasteiger partial charge is 0.0672 e. The zero-order valence-electron chi connectivity index (χ0n) is 6.61. The largest absolute Gasteiger partial charge is 0.376 e. The number of ether oxygens (including phenoxy) is 1. The molecular formula is C7H17NO. The second-order valence-electron chi connectivity index (χ2n) is 1.89. The first-order valence-corrected chi connectivity index (χ1v) is 3.72. The molecule has 1 N–H and O–H groups in total.